The maximum absolute atomic E-state index is 13.0. The molecule has 22 heavy (non-hydrogen) atoms. The van der Waals surface area contributed by atoms with Crippen molar-refractivity contribution in [2.24, 2.45) is 0 Å². The van der Waals surface area contributed by atoms with Gasteiger partial charge in [0.2, 0.25) is 5.91 Å². The van der Waals surface area contributed by atoms with Crippen LogP contribution in [0.3, 0.4) is 0 Å². The first-order valence-corrected chi connectivity index (χ1v) is 8.98. The van der Waals surface area contributed by atoms with Gasteiger partial charge in [-0.05, 0) is 48.9 Å². The average molecular weight is 311 g/mol. The maximum Gasteiger partial charge on any atom is 0.235 e. The van der Waals surface area contributed by atoms with E-state index in [1.165, 1.54) is 4.90 Å². The smallest absolute Gasteiger partial charge is 0.235 e. The van der Waals surface area contributed by atoms with Crippen LogP contribution in [0, 0.1) is 0 Å². The monoisotopic (exact) mass is 311 g/mol. The number of rotatable bonds is 4. The van der Waals surface area contributed by atoms with E-state index in [0.29, 0.717) is 0 Å². The quantitative estimate of drug-likeness (QED) is 0.817. The van der Waals surface area contributed by atoms with Crippen LogP contribution in [0.25, 0.3) is 0 Å². The second-order valence-electron chi connectivity index (χ2n) is 5.84. The molecule has 2 aromatic carbocycles. The third-order valence-corrected chi connectivity index (χ3v) is 5.31. The zero-order valence-electron chi connectivity index (χ0n) is 12.8. The van der Waals surface area contributed by atoms with Crippen LogP contribution in [0.1, 0.15) is 31.2 Å². The third-order valence-electron chi connectivity index (χ3n) is 4.57. The lowest BCUT2D eigenvalue weighted by molar-refractivity contribution is -0.121. The Kier molecular flexibility index (Phi) is 4.53. The zero-order chi connectivity index (χ0) is 15.4. The summed E-state index contributed by atoms with van der Waals surface area (Å²) >= 11 is 1.71. The minimum atomic E-state index is -0.362. The molecule has 1 N–H and O–H groups in total. The number of amides is 1. The Morgan fingerprint density at radius 3 is 2.23 bits per heavy atom. The van der Waals surface area contributed by atoms with E-state index >= 15 is 0 Å². The Hall–Kier alpha value is -1.74. The first-order valence-electron chi connectivity index (χ1n) is 7.76. The van der Waals surface area contributed by atoms with Gasteiger partial charge in [-0.2, -0.15) is 0 Å². The molecule has 0 unspecified atom stereocenters. The Balaban J connectivity index is 1.84. The molecular weight excluding hydrogens is 290 g/mol. The van der Waals surface area contributed by atoms with Crippen molar-refractivity contribution >= 4 is 23.4 Å². The fourth-order valence-corrected chi connectivity index (χ4v) is 3.72. The molecule has 0 aromatic heterocycles. The second kappa shape index (κ2) is 6.57. The van der Waals surface area contributed by atoms with E-state index in [1.54, 1.807) is 11.8 Å². The lowest BCUT2D eigenvalue weighted by atomic mass is 9.78. The molecular formula is C19H21NOS. The highest BCUT2D eigenvalue weighted by Gasteiger charge is 2.42. The molecule has 1 aliphatic rings. The maximum atomic E-state index is 13.0. The number of thioether (sulfide) groups is 1. The molecule has 0 spiro atoms. The van der Waals surface area contributed by atoms with Gasteiger partial charge in [-0.3, -0.25) is 4.79 Å². The van der Waals surface area contributed by atoms with E-state index in [-0.39, 0.29) is 11.3 Å². The van der Waals surface area contributed by atoms with E-state index in [2.05, 4.69) is 23.7 Å². The molecule has 0 heterocycles. The SMILES string of the molecule is CSc1ccc(NC(=O)C2(c3ccccc3)CCCC2)cc1. The molecule has 114 valence electrons. The highest BCUT2D eigenvalue weighted by molar-refractivity contribution is 7.98. The average Bonchev–Trinajstić information content (AvgIpc) is 3.07. The number of carbonyl (C=O) groups excluding carboxylic acids is 1. The van der Waals surface area contributed by atoms with E-state index in [1.807, 2.05) is 42.5 Å². The van der Waals surface area contributed by atoms with E-state index < -0.39 is 0 Å². The summed E-state index contributed by atoms with van der Waals surface area (Å²) < 4.78 is 0. The molecule has 0 bridgehead atoms. The standard InChI is InChI=1S/C19H21NOS/c1-22-17-11-9-16(10-12-17)20-18(21)19(13-5-6-14-19)15-7-3-2-4-8-15/h2-4,7-12H,5-6,13-14H2,1H3,(H,20,21). The molecule has 0 saturated heterocycles. The summed E-state index contributed by atoms with van der Waals surface area (Å²) in [5, 5.41) is 3.13. The van der Waals surface area contributed by atoms with Gasteiger partial charge < -0.3 is 5.32 Å². The lowest BCUT2D eigenvalue weighted by Gasteiger charge is -2.28. The number of anilines is 1. The Labute approximate surface area is 136 Å². The van der Waals surface area contributed by atoms with Crippen molar-refractivity contribution in [3.8, 4) is 0 Å². The van der Waals surface area contributed by atoms with Gasteiger partial charge in [0.1, 0.15) is 0 Å². The minimum Gasteiger partial charge on any atom is -0.325 e. The Morgan fingerprint density at radius 1 is 1.00 bits per heavy atom. The summed E-state index contributed by atoms with van der Waals surface area (Å²) in [7, 11) is 0. The molecule has 1 saturated carbocycles. The Morgan fingerprint density at radius 2 is 1.64 bits per heavy atom. The van der Waals surface area contributed by atoms with Crippen molar-refractivity contribution in [1.82, 2.24) is 0 Å². The summed E-state index contributed by atoms with van der Waals surface area (Å²) in [6.45, 7) is 0. The molecule has 1 aliphatic carbocycles. The fraction of sp³-hybridized carbons (Fsp3) is 0.316. The largest absolute Gasteiger partial charge is 0.325 e. The van der Waals surface area contributed by atoms with E-state index in [4.69, 9.17) is 0 Å². The highest BCUT2D eigenvalue weighted by Crippen LogP contribution is 2.42. The zero-order valence-corrected chi connectivity index (χ0v) is 13.7. The van der Waals surface area contributed by atoms with E-state index in [0.717, 1.165) is 36.9 Å². The van der Waals surface area contributed by atoms with Gasteiger partial charge in [-0.1, -0.05) is 43.2 Å². The van der Waals surface area contributed by atoms with Crippen molar-refractivity contribution in [2.75, 3.05) is 11.6 Å². The van der Waals surface area contributed by atoms with Crippen LogP contribution in [-0.2, 0) is 10.2 Å². The van der Waals surface area contributed by atoms with Crippen LogP contribution in [0.2, 0.25) is 0 Å². The van der Waals surface area contributed by atoms with Crippen LogP contribution < -0.4 is 5.32 Å². The first-order chi connectivity index (χ1) is 10.7. The molecule has 3 heteroatoms. The summed E-state index contributed by atoms with van der Waals surface area (Å²) in [5.41, 5.74) is 1.66. The van der Waals surface area contributed by atoms with Crippen LogP contribution >= 0.6 is 11.8 Å². The number of carbonyl (C=O) groups is 1. The van der Waals surface area contributed by atoms with Gasteiger partial charge in [-0.25, -0.2) is 0 Å². The molecule has 0 radical (unpaired) electrons. The first kappa shape index (κ1) is 15.2. The molecule has 2 aromatic rings. The van der Waals surface area contributed by atoms with Gasteiger partial charge >= 0.3 is 0 Å². The third kappa shape index (κ3) is 2.91. The second-order valence-corrected chi connectivity index (χ2v) is 6.72. The topological polar surface area (TPSA) is 29.1 Å². The number of hydrogen-bond acceptors (Lipinski definition) is 2. The molecule has 3 rings (SSSR count). The van der Waals surface area contributed by atoms with Crippen molar-refractivity contribution in [1.29, 1.82) is 0 Å². The summed E-state index contributed by atoms with van der Waals surface area (Å²) in [5.74, 6) is 0.133. The highest BCUT2D eigenvalue weighted by atomic mass is 32.2. The van der Waals surface area contributed by atoms with Crippen molar-refractivity contribution < 1.29 is 4.79 Å². The van der Waals surface area contributed by atoms with Gasteiger partial charge in [0.05, 0.1) is 5.41 Å². The molecule has 0 aliphatic heterocycles. The van der Waals surface area contributed by atoms with Crippen molar-refractivity contribution in [3.05, 3.63) is 60.2 Å². The van der Waals surface area contributed by atoms with Crippen molar-refractivity contribution in [2.45, 2.75) is 36.0 Å². The van der Waals surface area contributed by atoms with E-state index in [9.17, 15) is 4.79 Å². The van der Waals surface area contributed by atoms with Gasteiger partial charge in [0.15, 0.2) is 0 Å². The normalized spacial score (nSPS) is 16.4. The summed E-state index contributed by atoms with van der Waals surface area (Å²) in [6.07, 6.45) is 6.16. The van der Waals surface area contributed by atoms with Crippen LogP contribution in [0.4, 0.5) is 5.69 Å². The minimum absolute atomic E-state index is 0.133. The molecule has 2 nitrogen and oxygen atoms in total. The van der Waals surface area contributed by atoms with Gasteiger partial charge in [0.25, 0.3) is 0 Å². The van der Waals surface area contributed by atoms with Crippen molar-refractivity contribution in [3.63, 3.8) is 0 Å². The molecule has 1 amide bonds. The van der Waals surface area contributed by atoms with Crippen LogP contribution in [0.5, 0.6) is 0 Å². The number of benzene rings is 2. The summed E-state index contributed by atoms with van der Waals surface area (Å²) in [4.78, 5) is 14.2. The fourth-order valence-electron chi connectivity index (χ4n) is 3.31. The van der Waals surface area contributed by atoms with Gasteiger partial charge in [-0.15, -0.1) is 11.8 Å². The summed E-state index contributed by atoms with van der Waals surface area (Å²) in [6, 6.07) is 18.3. The van der Waals surface area contributed by atoms with Gasteiger partial charge in [0, 0.05) is 10.6 Å². The van der Waals surface area contributed by atoms with Crippen LogP contribution in [-0.4, -0.2) is 12.2 Å². The Bertz CT molecular complexity index is 630. The number of nitrogens with one attached hydrogen (secondary N) is 1. The predicted molar refractivity (Wildman–Crippen MR) is 93.4 cm³/mol. The lowest BCUT2D eigenvalue weighted by Crippen LogP contribution is -2.37. The molecule has 0 atom stereocenters. The number of hydrogen-bond donors (Lipinski definition) is 1. The predicted octanol–water partition coefficient (Wildman–Crippen LogP) is 4.86. The molecule has 1 fully saturated rings. The van der Waals surface area contributed by atoms with Crippen LogP contribution in [0.15, 0.2) is 59.5 Å².